The highest BCUT2D eigenvalue weighted by atomic mass is 32.1. The Balaban J connectivity index is 1.86. The summed E-state index contributed by atoms with van der Waals surface area (Å²) in [6.45, 7) is 3.68. The first-order valence-corrected chi connectivity index (χ1v) is 8.03. The lowest BCUT2D eigenvalue weighted by Gasteiger charge is -2.43. The molecule has 118 valence electrons. The van der Waals surface area contributed by atoms with Crippen LogP contribution < -0.4 is 11.2 Å². The van der Waals surface area contributed by atoms with Crippen molar-refractivity contribution in [3.63, 3.8) is 0 Å². The van der Waals surface area contributed by atoms with Crippen LogP contribution in [0, 0.1) is 0 Å². The standard InChI is InChI=1S/C14H18N4O3S/c1-14(21)3-5-17(6-10-8-22-9-15-10)7-11(14)18-4-2-12(19)16-13(18)20/h2,4,8-9,11,21H,3,5-7H2,1H3,(H,16,19,20)/t11-,14-/m1/s1. The van der Waals surface area contributed by atoms with Gasteiger partial charge in [0.05, 0.1) is 22.8 Å². The van der Waals surface area contributed by atoms with Crippen LogP contribution in [0.5, 0.6) is 0 Å². The summed E-state index contributed by atoms with van der Waals surface area (Å²) in [5.41, 5.74) is 0.850. The van der Waals surface area contributed by atoms with Crippen molar-refractivity contribution in [1.82, 2.24) is 19.4 Å². The Morgan fingerprint density at radius 2 is 2.36 bits per heavy atom. The zero-order chi connectivity index (χ0) is 15.7. The van der Waals surface area contributed by atoms with Crippen molar-refractivity contribution in [3.05, 3.63) is 49.7 Å². The summed E-state index contributed by atoms with van der Waals surface area (Å²) in [5, 5.41) is 12.6. The summed E-state index contributed by atoms with van der Waals surface area (Å²) in [6.07, 6.45) is 2.00. The van der Waals surface area contributed by atoms with E-state index < -0.39 is 22.9 Å². The van der Waals surface area contributed by atoms with Gasteiger partial charge in [0, 0.05) is 37.3 Å². The third kappa shape index (κ3) is 3.03. The lowest BCUT2D eigenvalue weighted by molar-refractivity contribution is -0.0544. The predicted molar refractivity (Wildman–Crippen MR) is 83.0 cm³/mol. The van der Waals surface area contributed by atoms with Gasteiger partial charge in [0.2, 0.25) is 0 Å². The van der Waals surface area contributed by atoms with Crippen LogP contribution in [-0.2, 0) is 6.54 Å². The minimum Gasteiger partial charge on any atom is -0.388 e. The predicted octanol–water partition coefficient (Wildman–Crippen LogP) is 0.191. The minimum absolute atomic E-state index is 0.413. The monoisotopic (exact) mass is 322 g/mol. The Morgan fingerprint density at radius 1 is 1.55 bits per heavy atom. The van der Waals surface area contributed by atoms with E-state index in [0.29, 0.717) is 19.5 Å². The van der Waals surface area contributed by atoms with Crippen LogP contribution in [0.25, 0.3) is 0 Å². The van der Waals surface area contributed by atoms with E-state index in [0.717, 1.165) is 12.2 Å². The molecule has 1 aliphatic heterocycles. The minimum atomic E-state index is -0.999. The Kier molecular flexibility index (Phi) is 3.98. The molecular formula is C14H18N4O3S. The number of rotatable bonds is 3. The molecule has 0 aliphatic carbocycles. The highest BCUT2D eigenvalue weighted by molar-refractivity contribution is 7.07. The van der Waals surface area contributed by atoms with Crippen molar-refractivity contribution in [2.45, 2.75) is 31.5 Å². The number of nitrogens with one attached hydrogen (secondary N) is 1. The average Bonchev–Trinajstić information content (AvgIpc) is 2.94. The van der Waals surface area contributed by atoms with Gasteiger partial charge in [0.25, 0.3) is 5.56 Å². The fourth-order valence-corrected chi connectivity index (χ4v) is 3.38. The third-order valence-corrected chi connectivity index (χ3v) is 4.77. The Bertz CT molecular complexity index is 750. The van der Waals surface area contributed by atoms with Crippen molar-refractivity contribution < 1.29 is 5.11 Å². The summed E-state index contributed by atoms with van der Waals surface area (Å²) in [4.78, 5) is 31.9. The molecule has 0 spiro atoms. The van der Waals surface area contributed by atoms with Crippen LogP contribution in [0.1, 0.15) is 25.1 Å². The van der Waals surface area contributed by atoms with E-state index in [1.807, 2.05) is 5.38 Å². The number of nitrogens with zero attached hydrogens (tertiary/aromatic N) is 3. The Morgan fingerprint density at radius 3 is 3.05 bits per heavy atom. The summed E-state index contributed by atoms with van der Waals surface area (Å²) < 4.78 is 1.41. The molecule has 2 aromatic heterocycles. The van der Waals surface area contributed by atoms with Gasteiger partial charge in [-0.2, -0.15) is 0 Å². The van der Waals surface area contributed by atoms with Crippen molar-refractivity contribution in [2.24, 2.45) is 0 Å². The molecule has 2 N–H and O–H groups in total. The van der Waals surface area contributed by atoms with Gasteiger partial charge >= 0.3 is 5.69 Å². The summed E-state index contributed by atoms with van der Waals surface area (Å²) >= 11 is 1.55. The van der Waals surface area contributed by atoms with E-state index in [9.17, 15) is 14.7 Å². The quantitative estimate of drug-likeness (QED) is 0.842. The second-order valence-electron chi connectivity index (χ2n) is 5.86. The van der Waals surface area contributed by atoms with Crippen LogP contribution in [0.3, 0.4) is 0 Å². The fourth-order valence-electron chi connectivity index (χ4n) is 2.83. The molecular weight excluding hydrogens is 304 g/mol. The van der Waals surface area contributed by atoms with Gasteiger partial charge in [-0.15, -0.1) is 11.3 Å². The summed E-state index contributed by atoms with van der Waals surface area (Å²) in [5.74, 6) is 0. The number of hydrogen-bond acceptors (Lipinski definition) is 6. The SMILES string of the molecule is C[C@@]1(O)CCN(Cc2cscn2)C[C@H]1n1ccc(=O)[nH]c1=O. The van der Waals surface area contributed by atoms with E-state index in [4.69, 9.17) is 0 Å². The number of aromatic amines is 1. The zero-order valence-electron chi connectivity index (χ0n) is 12.2. The van der Waals surface area contributed by atoms with Gasteiger partial charge in [0.1, 0.15) is 0 Å². The van der Waals surface area contributed by atoms with Crippen molar-refractivity contribution in [2.75, 3.05) is 13.1 Å². The van der Waals surface area contributed by atoms with Crippen LogP contribution in [0.15, 0.2) is 32.7 Å². The van der Waals surface area contributed by atoms with Gasteiger partial charge in [-0.25, -0.2) is 9.78 Å². The fraction of sp³-hybridized carbons (Fsp3) is 0.500. The molecule has 0 unspecified atom stereocenters. The molecule has 0 radical (unpaired) electrons. The second-order valence-corrected chi connectivity index (χ2v) is 6.57. The van der Waals surface area contributed by atoms with Gasteiger partial charge in [-0.3, -0.25) is 19.2 Å². The normalized spacial score (nSPS) is 26.2. The van der Waals surface area contributed by atoms with Crippen LogP contribution >= 0.6 is 11.3 Å². The van der Waals surface area contributed by atoms with Gasteiger partial charge < -0.3 is 5.11 Å². The number of H-pyrrole nitrogens is 1. The summed E-state index contributed by atoms with van der Waals surface area (Å²) in [7, 11) is 0. The molecule has 8 heteroatoms. The number of hydrogen-bond donors (Lipinski definition) is 2. The Labute approximate surface area is 130 Å². The topological polar surface area (TPSA) is 91.2 Å². The highest BCUT2D eigenvalue weighted by Gasteiger charge is 2.39. The van der Waals surface area contributed by atoms with E-state index in [1.54, 1.807) is 23.8 Å². The van der Waals surface area contributed by atoms with Crippen LogP contribution in [-0.4, -0.2) is 43.2 Å². The smallest absolute Gasteiger partial charge is 0.328 e. The molecule has 2 atom stereocenters. The Hall–Kier alpha value is -1.77. The van der Waals surface area contributed by atoms with Crippen LogP contribution in [0.4, 0.5) is 0 Å². The molecule has 7 nitrogen and oxygen atoms in total. The van der Waals surface area contributed by atoms with Crippen molar-refractivity contribution >= 4 is 11.3 Å². The molecule has 0 amide bonds. The lowest BCUT2D eigenvalue weighted by Crippen LogP contribution is -2.53. The molecule has 0 saturated carbocycles. The maximum absolute atomic E-state index is 12.0. The molecule has 0 aromatic carbocycles. The number of likely N-dealkylation sites (tertiary alicyclic amines) is 1. The molecule has 3 heterocycles. The van der Waals surface area contributed by atoms with Crippen molar-refractivity contribution in [1.29, 1.82) is 0 Å². The van der Waals surface area contributed by atoms with E-state index >= 15 is 0 Å². The number of piperidine rings is 1. The van der Waals surface area contributed by atoms with Gasteiger partial charge in [-0.05, 0) is 13.3 Å². The highest BCUT2D eigenvalue weighted by Crippen LogP contribution is 2.31. The van der Waals surface area contributed by atoms with E-state index in [1.165, 1.54) is 16.8 Å². The molecule has 3 rings (SSSR count). The maximum Gasteiger partial charge on any atom is 0.328 e. The molecule has 22 heavy (non-hydrogen) atoms. The first-order chi connectivity index (χ1) is 10.5. The first kappa shape index (κ1) is 15.1. The molecule has 2 aromatic rings. The molecule has 1 saturated heterocycles. The van der Waals surface area contributed by atoms with Crippen molar-refractivity contribution in [3.8, 4) is 0 Å². The van der Waals surface area contributed by atoms with E-state index in [-0.39, 0.29) is 0 Å². The van der Waals surface area contributed by atoms with Crippen LogP contribution in [0.2, 0.25) is 0 Å². The summed E-state index contributed by atoms with van der Waals surface area (Å²) in [6, 6.07) is 0.890. The van der Waals surface area contributed by atoms with E-state index in [2.05, 4.69) is 14.9 Å². The second kappa shape index (κ2) is 5.79. The molecule has 0 bridgehead atoms. The molecule has 1 fully saturated rings. The average molecular weight is 322 g/mol. The largest absolute Gasteiger partial charge is 0.388 e. The first-order valence-electron chi connectivity index (χ1n) is 7.09. The zero-order valence-corrected chi connectivity index (χ0v) is 13.0. The maximum atomic E-state index is 12.0. The van der Waals surface area contributed by atoms with Gasteiger partial charge in [0.15, 0.2) is 0 Å². The lowest BCUT2D eigenvalue weighted by atomic mass is 9.88. The number of aromatic nitrogens is 3. The third-order valence-electron chi connectivity index (χ3n) is 4.14. The van der Waals surface area contributed by atoms with Gasteiger partial charge in [-0.1, -0.05) is 0 Å². The number of aliphatic hydroxyl groups is 1. The molecule has 1 aliphatic rings. The number of thiazole rings is 1.